The smallest absolute Gasteiger partial charge is 0.228 e. The minimum atomic E-state index is -0.136. The molecule has 1 aromatic rings. The summed E-state index contributed by atoms with van der Waals surface area (Å²) in [4.78, 5) is 12.2. The maximum Gasteiger partial charge on any atom is 0.228 e. The number of rotatable bonds is 2. The Hall–Kier alpha value is -1.79. The molecule has 1 aromatic carbocycles. The number of fused-ring (bicyclic) bond motifs is 1. The number of anilines is 1. The molecule has 2 fully saturated rings. The Morgan fingerprint density at radius 3 is 2.45 bits per heavy atom. The summed E-state index contributed by atoms with van der Waals surface area (Å²) in [7, 11) is 0. The fourth-order valence-corrected chi connectivity index (χ4v) is 3.39. The van der Waals surface area contributed by atoms with Gasteiger partial charge in [0, 0.05) is 17.2 Å². The Morgan fingerprint density at radius 1 is 1.20 bits per heavy atom. The second-order valence-electron chi connectivity index (χ2n) is 5.66. The topological polar surface area (TPSA) is 49.3 Å². The third kappa shape index (κ3) is 2.71. The summed E-state index contributed by atoms with van der Waals surface area (Å²) in [6.45, 7) is -0.136. The number of aliphatic hydroxyl groups is 1. The second kappa shape index (κ2) is 5.68. The van der Waals surface area contributed by atoms with Crippen LogP contribution in [0, 0.1) is 29.6 Å². The molecular formula is C17H19NO2. The van der Waals surface area contributed by atoms with Crippen molar-refractivity contribution in [3.8, 4) is 11.8 Å². The van der Waals surface area contributed by atoms with Crippen LogP contribution in [0.15, 0.2) is 24.3 Å². The van der Waals surface area contributed by atoms with Crippen LogP contribution in [0.25, 0.3) is 0 Å². The molecule has 0 heterocycles. The molecule has 3 heteroatoms. The average molecular weight is 269 g/mol. The highest BCUT2D eigenvalue weighted by molar-refractivity contribution is 5.94. The Labute approximate surface area is 119 Å². The number of aliphatic hydroxyl groups excluding tert-OH is 1. The predicted molar refractivity (Wildman–Crippen MR) is 78.0 cm³/mol. The number of carbonyl (C=O) groups is 1. The van der Waals surface area contributed by atoms with Gasteiger partial charge in [-0.3, -0.25) is 4.79 Å². The van der Waals surface area contributed by atoms with Gasteiger partial charge < -0.3 is 10.4 Å². The normalized spacial score (nSPS) is 26.9. The Morgan fingerprint density at radius 2 is 1.85 bits per heavy atom. The minimum absolute atomic E-state index is 0.136. The van der Waals surface area contributed by atoms with Gasteiger partial charge in [0.25, 0.3) is 0 Å². The van der Waals surface area contributed by atoms with E-state index < -0.39 is 0 Å². The largest absolute Gasteiger partial charge is 0.384 e. The number of hydrogen-bond acceptors (Lipinski definition) is 2. The molecule has 2 saturated carbocycles. The van der Waals surface area contributed by atoms with Crippen molar-refractivity contribution in [1.29, 1.82) is 0 Å². The lowest BCUT2D eigenvalue weighted by Gasteiger charge is -2.04. The molecule has 2 aliphatic carbocycles. The lowest BCUT2D eigenvalue weighted by molar-refractivity contribution is -0.117. The first-order chi connectivity index (χ1) is 9.79. The SMILES string of the molecule is O=C(Nc1ccc(C#CCO)cc1)C1C2CCCCC21. The minimum Gasteiger partial charge on any atom is -0.384 e. The number of benzene rings is 1. The summed E-state index contributed by atoms with van der Waals surface area (Å²) in [5.41, 5.74) is 1.67. The van der Waals surface area contributed by atoms with Crippen LogP contribution in [-0.4, -0.2) is 17.6 Å². The van der Waals surface area contributed by atoms with Crippen molar-refractivity contribution in [2.24, 2.45) is 17.8 Å². The first-order valence-electron chi connectivity index (χ1n) is 7.30. The first kappa shape index (κ1) is 13.2. The molecule has 2 atom stereocenters. The van der Waals surface area contributed by atoms with E-state index in [-0.39, 0.29) is 18.4 Å². The van der Waals surface area contributed by atoms with Crippen LogP contribution < -0.4 is 5.32 Å². The summed E-state index contributed by atoms with van der Waals surface area (Å²) in [5.74, 6) is 7.14. The van der Waals surface area contributed by atoms with E-state index in [0.717, 1.165) is 11.3 Å². The van der Waals surface area contributed by atoms with E-state index in [9.17, 15) is 4.79 Å². The molecule has 2 N–H and O–H groups in total. The van der Waals surface area contributed by atoms with E-state index in [2.05, 4.69) is 17.2 Å². The molecule has 0 aromatic heterocycles. The summed E-state index contributed by atoms with van der Waals surface area (Å²) < 4.78 is 0. The lowest BCUT2D eigenvalue weighted by atomic mass is 10.0. The molecular weight excluding hydrogens is 250 g/mol. The van der Waals surface area contributed by atoms with Crippen LogP contribution in [-0.2, 0) is 4.79 Å². The quantitative estimate of drug-likeness (QED) is 0.810. The molecule has 3 rings (SSSR count). The van der Waals surface area contributed by atoms with Crippen molar-refractivity contribution >= 4 is 11.6 Å². The van der Waals surface area contributed by atoms with Crippen LogP contribution in [0.3, 0.4) is 0 Å². The van der Waals surface area contributed by atoms with E-state index in [1.165, 1.54) is 25.7 Å². The molecule has 3 nitrogen and oxygen atoms in total. The van der Waals surface area contributed by atoms with Crippen LogP contribution >= 0.6 is 0 Å². The van der Waals surface area contributed by atoms with Gasteiger partial charge in [-0.05, 0) is 48.9 Å². The van der Waals surface area contributed by atoms with Crippen molar-refractivity contribution in [3.63, 3.8) is 0 Å². The van der Waals surface area contributed by atoms with Crippen molar-refractivity contribution in [2.75, 3.05) is 11.9 Å². The van der Waals surface area contributed by atoms with Gasteiger partial charge >= 0.3 is 0 Å². The molecule has 0 spiro atoms. The van der Waals surface area contributed by atoms with Gasteiger partial charge in [0.2, 0.25) is 5.91 Å². The molecule has 0 bridgehead atoms. The van der Waals surface area contributed by atoms with E-state index in [0.29, 0.717) is 11.8 Å². The van der Waals surface area contributed by atoms with Gasteiger partial charge in [-0.1, -0.05) is 24.7 Å². The number of carbonyl (C=O) groups excluding carboxylic acids is 1. The van der Waals surface area contributed by atoms with Gasteiger partial charge in [0.1, 0.15) is 6.61 Å². The lowest BCUT2D eigenvalue weighted by Crippen LogP contribution is -2.15. The molecule has 2 unspecified atom stereocenters. The number of nitrogens with one attached hydrogen (secondary N) is 1. The fourth-order valence-electron chi connectivity index (χ4n) is 3.39. The van der Waals surface area contributed by atoms with Crippen LogP contribution in [0.2, 0.25) is 0 Å². The molecule has 104 valence electrons. The third-order valence-corrected chi connectivity index (χ3v) is 4.42. The summed E-state index contributed by atoms with van der Waals surface area (Å²) in [6.07, 6.45) is 5.00. The zero-order chi connectivity index (χ0) is 13.9. The molecule has 20 heavy (non-hydrogen) atoms. The maximum atomic E-state index is 12.2. The highest BCUT2D eigenvalue weighted by atomic mass is 16.2. The second-order valence-corrected chi connectivity index (χ2v) is 5.66. The van der Waals surface area contributed by atoms with Crippen molar-refractivity contribution < 1.29 is 9.90 Å². The predicted octanol–water partition coefficient (Wildman–Crippen LogP) is 2.41. The van der Waals surface area contributed by atoms with E-state index in [4.69, 9.17) is 5.11 Å². The molecule has 0 radical (unpaired) electrons. The third-order valence-electron chi connectivity index (χ3n) is 4.42. The molecule has 0 saturated heterocycles. The Balaban J connectivity index is 1.59. The highest BCUT2D eigenvalue weighted by Crippen LogP contribution is 2.55. The van der Waals surface area contributed by atoms with Gasteiger partial charge in [0.05, 0.1) is 0 Å². The van der Waals surface area contributed by atoms with Crippen LogP contribution in [0.5, 0.6) is 0 Å². The Bertz CT molecular complexity index is 541. The van der Waals surface area contributed by atoms with Gasteiger partial charge in [-0.25, -0.2) is 0 Å². The summed E-state index contributed by atoms with van der Waals surface area (Å²) in [5, 5.41) is 11.6. The summed E-state index contributed by atoms with van der Waals surface area (Å²) in [6, 6.07) is 7.45. The molecule has 1 amide bonds. The van der Waals surface area contributed by atoms with E-state index >= 15 is 0 Å². The number of amides is 1. The molecule has 2 aliphatic rings. The van der Waals surface area contributed by atoms with Crippen molar-refractivity contribution in [1.82, 2.24) is 0 Å². The Kier molecular flexibility index (Phi) is 3.75. The van der Waals surface area contributed by atoms with Gasteiger partial charge in [-0.2, -0.15) is 0 Å². The van der Waals surface area contributed by atoms with Crippen molar-refractivity contribution in [2.45, 2.75) is 25.7 Å². The fraction of sp³-hybridized carbons (Fsp3) is 0.471. The maximum absolute atomic E-state index is 12.2. The van der Waals surface area contributed by atoms with Gasteiger partial charge in [0.15, 0.2) is 0 Å². The van der Waals surface area contributed by atoms with Crippen LogP contribution in [0.4, 0.5) is 5.69 Å². The summed E-state index contributed by atoms with van der Waals surface area (Å²) >= 11 is 0. The standard InChI is InChI=1S/C17H19NO2/c19-11-3-4-12-7-9-13(10-8-12)18-17(20)16-14-5-1-2-6-15(14)16/h7-10,14-16,19H,1-2,5-6,11H2,(H,18,20). The van der Waals surface area contributed by atoms with Crippen LogP contribution in [0.1, 0.15) is 31.2 Å². The van der Waals surface area contributed by atoms with E-state index in [1.807, 2.05) is 24.3 Å². The van der Waals surface area contributed by atoms with Gasteiger partial charge in [-0.15, -0.1) is 0 Å². The number of hydrogen-bond donors (Lipinski definition) is 2. The highest BCUT2D eigenvalue weighted by Gasteiger charge is 2.54. The van der Waals surface area contributed by atoms with E-state index in [1.54, 1.807) is 0 Å². The molecule has 0 aliphatic heterocycles. The zero-order valence-corrected chi connectivity index (χ0v) is 11.4. The zero-order valence-electron chi connectivity index (χ0n) is 11.4. The van der Waals surface area contributed by atoms with Crippen molar-refractivity contribution in [3.05, 3.63) is 29.8 Å². The first-order valence-corrected chi connectivity index (χ1v) is 7.30. The average Bonchev–Trinajstić information content (AvgIpc) is 3.21. The monoisotopic (exact) mass is 269 g/mol.